The molecule has 0 unspecified atom stereocenters. The van der Waals surface area contributed by atoms with Gasteiger partial charge in [-0.2, -0.15) is 4.31 Å². The van der Waals surface area contributed by atoms with Crippen molar-refractivity contribution in [2.75, 3.05) is 7.05 Å². The van der Waals surface area contributed by atoms with E-state index in [1.807, 2.05) is 0 Å². The zero-order valence-electron chi connectivity index (χ0n) is 11.1. The highest BCUT2D eigenvalue weighted by Gasteiger charge is 2.32. The molecule has 0 aliphatic heterocycles. The average molecular weight is 366 g/mol. The van der Waals surface area contributed by atoms with Gasteiger partial charge in [0.05, 0.1) is 6.61 Å². The first-order valence-corrected chi connectivity index (χ1v) is 8.68. The minimum Gasteiger partial charge on any atom is -0.392 e. The quantitative estimate of drug-likeness (QED) is 0.892. The van der Waals surface area contributed by atoms with E-state index >= 15 is 0 Å². The average Bonchev–Trinajstić information content (AvgIpc) is 2.93. The Morgan fingerprint density at radius 3 is 2.55 bits per heavy atom. The molecule has 0 radical (unpaired) electrons. The minimum atomic E-state index is -3.89. The third-order valence-electron chi connectivity index (χ3n) is 3.75. The summed E-state index contributed by atoms with van der Waals surface area (Å²) in [5.41, 5.74) is -0.0298. The standard InChI is InChI=1S/C13H17BrFNO3S/c1-16(11-4-2-3-5-11)20(18,19)12-7-10(14)6-9(8-17)13(12)15/h6-7,11,17H,2-5,8H2,1H3. The largest absolute Gasteiger partial charge is 0.392 e. The van der Waals surface area contributed by atoms with Crippen molar-refractivity contribution in [1.29, 1.82) is 0 Å². The lowest BCUT2D eigenvalue weighted by Gasteiger charge is -2.24. The number of sulfonamides is 1. The second-order valence-electron chi connectivity index (χ2n) is 4.99. The Kier molecular flexibility index (Phi) is 4.84. The van der Waals surface area contributed by atoms with Crippen molar-refractivity contribution >= 4 is 26.0 Å². The van der Waals surface area contributed by atoms with Crippen LogP contribution < -0.4 is 0 Å². The first kappa shape index (κ1) is 15.9. The predicted octanol–water partition coefficient (Wildman–Crippen LogP) is 2.64. The van der Waals surface area contributed by atoms with Crippen molar-refractivity contribution in [3.05, 3.63) is 28.0 Å². The van der Waals surface area contributed by atoms with E-state index in [0.717, 1.165) is 25.7 Å². The van der Waals surface area contributed by atoms with Gasteiger partial charge in [0.15, 0.2) is 0 Å². The maximum Gasteiger partial charge on any atom is 0.246 e. The van der Waals surface area contributed by atoms with E-state index in [4.69, 9.17) is 5.11 Å². The van der Waals surface area contributed by atoms with Crippen LogP contribution in [-0.4, -0.2) is 30.9 Å². The number of benzene rings is 1. The highest BCUT2D eigenvalue weighted by atomic mass is 79.9. The van der Waals surface area contributed by atoms with Crippen LogP contribution in [0.5, 0.6) is 0 Å². The van der Waals surface area contributed by atoms with Crippen molar-refractivity contribution in [3.63, 3.8) is 0 Å². The van der Waals surface area contributed by atoms with E-state index < -0.39 is 22.4 Å². The van der Waals surface area contributed by atoms with Gasteiger partial charge in [-0.25, -0.2) is 12.8 Å². The maximum atomic E-state index is 14.2. The molecule has 0 atom stereocenters. The monoisotopic (exact) mass is 365 g/mol. The molecule has 0 saturated heterocycles. The molecule has 20 heavy (non-hydrogen) atoms. The van der Waals surface area contributed by atoms with Crippen LogP contribution in [0.15, 0.2) is 21.5 Å². The van der Waals surface area contributed by atoms with E-state index in [1.165, 1.54) is 23.5 Å². The smallest absolute Gasteiger partial charge is 0.246 e. The molecule has 0 aromatic heterocycles. The number of aliphatic hydroxyl groups is 1. The Balaban J connectivity index is 2.45. The zero-order chi connectivity index (χ0) is 14.9. The Bertz CT molecular complexity index is 600. The van der Waals surface area contributed by atoms with Gasteiger partial charge in [0.25, 0.3) is 0 Å². The van der Waals surface area contributed by atoms with Crippen LogP contribution in [0.2, 0.25) is 0 Å². The summed E-state index contributed by atoms with van der Waals surface area (Å²) < 4.78 is 41.0. The van der Waals surface area contributed by atoms with Gasteiger partial charge in [-0.05, 0) is 25.0 Å². The minimum absolute atomic E-state index is 0.0298. The Hall–Kier alpha value is -0.500. The lowest BCUT2D eigenvalue weighted by atomic mass is 10.2. The molecule has 0 heterocycles. The third-order valence-corrected chi connectivity index (χ3v) is 6.11. The van der Waals surface area contributed by atoms with E-state index in [2.05, 4.69) is 15.9 Å². The second kappa shape index (κ2) is 6.09. The molecule has 4 nitrogen and oxygen atoms in total. The predicted molar refractivity (Wildman–Crippen MR) is 77.2 cm³/mol. The fourth-order valence-electron chi connectivity index (χ4n) is 2.54. The zero-order valence-corrected chi connectivity index (χ0v) is 13.5. The van der Waals surface area contributed by atoms with Crippen molar-refractivity contribution in [2.45, 2.75) is 43.2 Å². The molecule has 1 aromatic rings. The van der Waals surface area contributed by atoms with E-state index in [0.29, 0.717) is 4.47 Å². The summed E-state index contributed by atoms with van der Waals surface area (Å²) in [6, 6.07) is 2.55. The van der Waals surface area contributed by atoms with Crippen LogP contribution in [0.3, 0.4) is 0 Å². The molecule has 1 aromatic carbocycles. The number of hydrogen-bond donors (Lipinski definition) is 1. The molecule has 0 spiro atoms. The van der Waals surface area contributed by atoms with Crippen molar-refractivity contribution in [2.24, 2.45) is 0 Å². The summed E-state index contributed by atoms with van der Waals surface area (Å²) in [5.74, 6) is -0.874. The van der Waals surface area contributed by atoms with Crippen molar-refractivity contribution in [1.82, 2.24) is 4.31 Å². The van der Waals surface area contributed by atoms with E-state index in [-0.39, 0.29) is 16.5 Å². The van der Waals surface area contributed by atoms with Crippen LogP contribution in [0.4, 0.5) is 4.39 Å². The molecule has 112 valence electrons. The van der Waals surface area contributed by atoms with Gasteiger partial charge in [-0.3, -0.25) is 0 Å². The highest BCUT2D eigenvalue weighted by molar-refractivity contribution is 9.10. The van der Waals surface area contributed by atoms with Gasteiger partial charge in [-0.15, -0.1) is 0 Å². The van der Waals surface area contributed by atoms with Crippen molar-refractivity contribution < 1.29 is 17.9 Å². The number of rotatable bonds is 4. The number of hydrogen-bond acceptors (Lipinski definition) is 3. The van der Waals surface area contributed by atoms with Gasteiger partial charge in [0.2, 0.25) is 10.0 Å². The molecule has 1 aliphatic carbocycles. The highest BCUT2D eigenvalue weighted by Crippen LogP contribution is 2.30. The number of aliphatic hydroxyl groups excluding tert-OH is 1. The summed E-state index contributed by atoms with van der Waals surface area (Å²) in [6.45, 7) is -0.541. The Labute approximate surface area is 126 Å². The van der Waals surface area contributed by atoms with Gasteiger partial charge in [-0.1, -0.05) is 28.8 Å². The normalized spacial score (nSPS) is 17.1. The SMILES string of the molecule is CN(C1CCCC1)S(=O)(=O)c1cc(Br)cc(CO)c1F. The van der Waals surface area contributed by atoms with Gasteiger partial charge < -0.3 is 5.11 Å². The second-order valence-corrected chi connectivity index (χ2v) is 7.88. The van der Waals surface area contributed by atoms with E-state index in [1.54, 1.807) is 0 Å². The summed E-state index contributed by atoms with van der Waals surface area (Å²) in [5, 5.41) is 9.11. The molecule has 0 bridgehead atoms. The molecule has 1 saturated carbocycles. The molecular formula is C13H17BrFNO3S. The molecule has 1 aliphatic rings. The van der Waals surface area contributed by atoms with Gasteiger partial charge in [0.1, 0.15) is 10.7 Å². The van der Waals surface area contributed by atoms with Crippen LogP contribution >= 0.6 is 15.9 Å². The number of halogens is 2. The molecular weight excluding hydrogens is 349 g/mol. The fourth-order valence-corrected chi connectivity index (χ4v) is 4.74. The summed E-state index contributed by atoms with van der Waals surface area (Å²) in [6.07, 6.45) is 3.59. The molecule has 7 heteroatoms. The fraction of sp³-hybridized carbons (Fsp3) is 0.538. The molecule has 1 N–H and O–H groups in total. The first-order chi connectivity index (χ1) is 9.37. The van der Waals surface area contributed by atoms with Crippen LogP contribution in [0.25, 0.3) is 0 Å². The van der Waals surface area contributed by atoms with Crippen LogP contribution in [0.1, 0.15) is 31.2 Å². The Morgan fingerprint density at radius 1 is 1.40 bits per heavy atom. The first-order valence-electron chi connectivity index (χ1n) is 6.44. The lowest BCUT2D eigenvalue weighted by Crippen LogP contribution is -2.35. The molecule has 1 fully saturated rings. The van der Waals surface area contributed by atoms with Crippen molar-refractivity contribution in [3.8, 4) is 0 Å². The summed E-state index contributed by atoms with van der Waals surface area (Å²) in [4.78, 5) is -0.384. The lowest BCUT2D eigenvalue weighted by molar-refractivity contribution is 0.274. The van der Waals surface area contributed by atoms with Crippen LogP contribution in [0, 0.1) is 5.82 Å². The third kappa shape index (κ3) is 2.90. The van der Waals surface area contributed by atoms with Gasteiger partial charge >= 0.3 is 0 Å². The van der Waals surface area contributed by atoms with E-state index in [9.17, 15) is 12.8 Å². The molecule has 0 amide bonds. The summed E-state index contributed by atoms with van der Waals surface area (Å²) in [7, 11) is -2.40. The topological polar surface area (TPSA) is 57.6 Å². The van der Waals surface area contributed by atoms with Gasteiger partial charge in [0, 0.05) is 23.1 Å². The Morgan fingerprint density at radius 2 is 2.00 bits per heavy atom. The summed E-state index contributed by atoms with van der Waals surface area (Å²) >= 11 is 3.15. The number of nitrogens with zero attached hydrogens (tertiary/aromatic N) is 1. The maximum absolute atomic E-state index is 14.2. The molecule has 2 rings (SSSR count). The van der Waals surface area contributed by atoms with Crippen LogP contribution in [-0.2, 0) is 16.6 Å².